The van der Waals surface area contributed by atoms with Crippen molar-refractivity contribution in [3.63, 3.8) is 0 Å². The topological polar surface area (TPSA) is 92.4 Å². The lowest BCUT2D eigenvalue weighted by atomic mass is 10.1. The molecule has 0 aromatic rings. The summed E-state index contributed by atoms with van der Waals surface area (Å²) in [5.41, 5.74) is 5.52. The Kier molecular flexibility index (Phi) is 11.8. The van der Waals surface area contributed by atoms with Crippen LogP contribution in [0.25, 0.3) is 0 Å². The second-order valence-electron chi connectivity index (χ2n) is 4.70. The number of aliphatic carboxylic acids is 1. The zero-order valence-electron chi connectivity index (χ0n) is 11.4. The van der Waals surface area contributed by atoms with Gasteiger partial charge < -0.3 is 16.2 Å². The third-order valence-corrected chi connectivity index (χ3v) is 3.29. The van der Waals surface area contributed by atoms with Crippen molar-refractivity contribution in [2.24, 2.45) is 5.73 Å². The van der Waals surface area contributed by atoms with Crippen molar-refractivity contribution in [2.75, 3.05) is 12.3 Å². The van der Waals surface area contributed by atoms with Crippen molar-refractivity contribution in [3.8, 4) is 0 Å². The van der Waals surface area contributed by atoms with E-state index in [9.17, 15) is 9.59 Å². The highest BCUT2D eigenvalue weighted by atomic mass is 32.1. The van der Waals surface area contributed by atoms with Gasteiger partial charge in [-0.2, -0.15) is 12.6 Å². The summed E-state index contributed by atoms with van der Waals surface area (Å²) >= 11 is 3.96. The molecule has 0 radical (unpaired) electrons. The Hall–Kier alpha value is -0.750. The highest BCUT2D eigenvalue weighted by molar-refractivity contribution is 7.80. The predicted octanol–water partition coefficient (Wildman–Crippen LogP) is 1.57. The van der Waals surface area contributed by atoms with E-state index in [1.54, 1.807) is 0 Å². The van der Waals surface area contributed by atoms with Gasteiger partial charge in [-0.15, -0.1) is 0 Å². The highest BCUT2D eigenvalue weighted by Gasteiger charge is 2.09. The number of carboxylic acids is 1. The predicted molar refractivity (Wildman–Crippen MR) is 79.4 cm³/mol. The molecule has 1 atom stereocenters. The van der Waals surface area contributed by atoms with Crippen molar-refractivity contribution in [3.05, 3.63) is 0 Å². The molecule has 1 unspecified atom stereocenters. The number of carbonyl (C=O) groups excluding carboxylic acids is 1. The van der Waals surface area contributed by atoms with Crippen LogP contribution in [0.3, 0.4) is 0 Å². The van der Waals surface area contributed by atoms with E-state index < -0.39 is 12.0 Å². The minimum absolute atomic E-state index is 0.135. The van der Waals surface area contributed by atoms with Gasteiger partial charge in [-0.1, -0.05) is 32.1 Å². The molecule has 19 heavy (non-hydrogen) atoms. The minimum atomic E-state index is -0.713. The maximum Gasteiger partial charge on any atom is 0.303 e. The second-order valence-corrected chi connectivity index (χ2v) is 5.06. The Morgan fingerprint density at radius 3 is 2.11 bits per heavy atom. The fourth-order valence-electron chi connectivity index (χ4n) is 1.71. The molecule has 0 aliphatic rings. The summed E-state index contributed by atoms with van der Waals surface area (Å²) in [6.07, 6.45) is 7.41. The molecule has 0 heterocycles. The number of hydrogen-bond donors (Lipinski definition) is 4. The van der Waals surface area contributed by atoms with Crippen LogP contribution in [0.15, 0.2) is 0 Å². The number of nitrogens with one attached hydrogen (secondary N) is 1. The molecule has 5 nitrogen and oxygen atoms in total. The minimum Gasteiger partial charge on any atom is -0.481 e. The molecule has 0 aliphatic carbocycles. The first kappa shape index (κ1) is 18.2. The first-order valence-corrected chi connectivity index (χ1v) is 7.57. The quantitative estimate of drug-likeness (QED) is 0.324. The number of thiol groups is 1. The van der Waals surface area contributed by atoms with Gasteiger partial charge in [0.2, 0.25) is 5.91 Å². The van der Waals surface area contributed by atoms with E-state index in [1.807, 2.05) is 0 Å². The molecule has 0 spiro atoms. The molecule has 0 fully saturated rings. The molecule has 0 rings (SSSR count). The Bertz CT molecular complexity index is 262. The lowest BCUT2D eigenvalue weighted by Gasteiger charge is -2.09. The third kappa shape index (κ3) is 12.0. The van der Waals surface area contributed by atoms with E-state index in [4.69, 9.17) is 10.8 Å². The van der Waals surface area contributed by atoms with Crippen molar-refractivity contribution in [1.29, 1.82) is 0 Å². The molecular formula is C13H26N2O3S. The number of unbranched alkanes of at least 4 members (excludes halogenated alkanes) is 6. The van der Waals surface area contributed by atoms with Gasteiger partial charge >= 0.3 is 5.97 Å². The number of hydrogen-bond acceptors (Lipinski definition) is 4. The Morgan fingerprint density at radius 2 is 1.58 bits per heavy atom. The number of nitrogens with two attached hydrogens (primary N) is 1. The van der Waals surface area contributed by atoms with E-state index in [1.165, 1.54) is 0 Å². The van der Waals surface area contributed by atoms with Gasteiger partial charge in [0.05, 0.1) is 6.04 Å². The maximum absolute atomic E-state index is 11.3. The van der Waals surface area contributed by atoms with Crippen LogP contribution in [0, 0.1) is 0 Å². The monoisotopic (exact) mass is 290 g/mol. The summed E-state index contributed by atoms with van der Waals surface area (Å²) in [4.78, 5) is 21.6. The Morgan fingerprint density at radius 1 is 1.05 bits per heavy atom. The summed E-state index contributed by atoms with van der Waals surface area (Å²) in [5.74, 6) is -0.485. The van der Waals surface area contributed by atoms with Gasteiger partial charge in [-0.05, 0) is 12.8 Å². The van der Waals surface area contributed by atoms with Crippen LogP contribution in [0.1, 0.15) is 51.4 Å². The summed E-state index contributed by atoms with van der Waals surface area (Å²) in [6.45, 7) is 0.666. The zero-order valence-corrected chi connectivity index (χ0v) is 12.3. The first-order valence-electron chi connectivity index (χ1n) is 6.94. The standard InChI is InChI=1S/C13H26N2O3S/c14-11(10-19)13(18)15-9-7-5-3-1-2-4-6-8-12(16)17/h11,19H,1-10,14H2,(H,15,18)(H,16,17). The maximum atomic E-state index is 11.3. The van der Waals surface area contributed by atoms with Gasteiger partial charge in [0.1, 0.15) is 0 Å². The molecule has 0 aliphatic heterocycles. The van der Waals surface area contributed by atoms with Crippen LogP contribution in [0.2, 0.25) is 0 Å². The van der Waals surface area contributed by atoms with Crippen molar-refractivity contribution in [2.45, 2.75) is 57.4 Å². The molecule has 4 N–H and O–H groups in total. The van der Waals surface area contributed by atoms with E-state index in [0.29, 0.717) is 12.3 Å². The molecule has 0 aromatic heterocycles. The van der Waals surface area contributed by atoms with Crippen molar-refractivity contribution >= 4 is 24.5 Å². The smallest absolute Gasteiger partial charge is 0.303 e. The number of amides is 1. The van der Waals surface area contributed by atoms with E-state index in [-0.39, 0.29) is 12.3 Å². The summed E-state index contributed by atoms with van der Waals surface area (Å²) in [5, 5.41) is 11.2. The van der Waals surface area contributed by atoms with Crippen LogP contribution in [-0.2, 0) is 9.59 Å². The number of carboxylic acid groups (broad SMARTS) is 1. The SMILES string of the molecule is NC(CS)C(=O)NCCCCCCCCCC(=O)O. The van der Waals surface area contributed by atoms with Crippen molar-refractivity contribution < 1.29 is 14.7 Å². The molecule has 0 aromatic carbocycles. The zero-order chi connectivity index (χ0) is 14.5. The van der Waals surface area contributed by atoms with Crippen molar-refractivity contribution in [1.82, 2.24) is 5.32 Å². The van der Waals surface area contributed by atoms with Crippen LogP contribution in [-0.4, -0.2) is 35.3 Å². The summed E-state index contributed by atoms with van der Waals surface area (Å²) < 4.78 is 0. The molecule has 112 valence electrons. The summed E-state index contributed by atoms with van der Waals surface area (Å²) in [6, 6.07) is -0.516. The van der Waals surface area contributed by atoms with Crippen LogP contribution < -0.4 is 11.1 Å². The lowest BCUT2D eigenvalue weighted by Crippen LogP contribution is -2.42. The fraction of sp³-hybridized carbons (Fsp3) is 0.846. The van der Waals surface area contributed by atoms with Crippen LogP contribution in [0.5, 0.6) is 0 Å². The molecule has 0 saturated heterocycles. The molecule has 6 heteroatoms. The largest absolute Gasteiger partial charge is 0.481 e. The first-order chi connectivity index (χ1) is 9.07. The average molecular weight is 290 g/mol. The number of rotatable bonds is 12. The Balaban J connectivity index is 3.19. The van der Waals surface area contributed by atoms with Crippen LogP contribution in [0.4, 0.5) is 0 Å². The van der Waals surface area contributed by atoms with E-state index >= 15 is 0 Å². The van der Waals surface area contributed by atoms with Gasteiger partial charge in [0, 0.05) is 18.7 Å². The van der Waals surface area contributed by atoms with Gasteiger partial charge in [-0.25, -0.2) is 0 Å². The second kappa shape index (κ2) is 12.3. The summed E-state index contributed by atoms with van der Waals surface area (Å²) in [7, 11) is 0. The highest BCUT2D eigenvalue weighted by Crippen LogP contribution is 2.08. The van der Waals surface area contributed by atoms with E-state index in [0.717, 1.165) is 44.9 Å². The Labute approximate surface area is 120 Å². The van der Waals surface area contributed by atoms with Gasteiger partial charge in [0.25, 0.3) is 0 Å². The van der Waals surface area contributed by atoms with Crippen LogP contribution >= 0.6 is 12.6 Å². The molecule has 0 saturated carbocycles. The van der Waals surface area contributed by atoms with Gasteiger partial charge in [0.15, 0.2) is 0 Å². The third-order valence-electron chi connectivity index (χ3n) is 2.90. The number of carbonyl (C=O) groups is 2. The van der Waals surface area contributed by atoms with Gasteiger partial charge in [-0.3, -0.25) is 9.59 Å². The average Bonchev–Trinajstić information content (AvgIpc) is 2.39. The van der Waals surface area contributed by atoms with E-state index in [2.05, 4.69) is 17.9 Å². The molecule has 0 bridgehead atoms. The lowest BCUT2D eigenvalue weighted by molar-refractivity contribution is -0.137. The fourth-order valence-corrected chi connectivity index (χ4v) is 1.88. The molecular weight excluding hydrogens is 264 g/mol. The molecule has 1 amide bonds. The normalized spacial score (nSPS) is 12.1.